The van der Waals surface area contributed by atoms with Crippen LogP contribution in [0.1, 0.15) is 29.8 Å². The first kappa shape index (κ1) is 15.0. The molecule has 1 aliphatic heterocycles. The molecular formula is C16H24N2O2. The smallest absolute Gasteiger partial charge is 0.338 e. The molecule has 1 fully saturated rings. The Morgan fingerprint density at radius 1 is 1.45 bits per heavy atom. The number of benzene rings is 1. The van der Waals surface area contributed by atoms with Gasteiger partial charge in [-0.1, -0.05) is 32.0 Å². The van der Waals surface area contributed by atoms with Crippen LogP contribution >= 0.6 is 0 Å². The Balaban J connectivity index is 2.18. The van der Waals surface area contributed by atoms with E-state index in [1.165, 1.54) is 7.11 Å². The van der Waals surface area contributed by atoms with E-state index in [4.69, 9.17) is 4.74 Å². The maximum Gasteiger partial charge on any atom is 0.338 e. The monoisotopic (exact) mass is 276 g/mol. The van der Waals surface area contributed by atoms with Crippen molar-refractivity contribution in [2.45, 2.75) is 26.4 Å². The van der Waals surface area contributed by atoms with Crippen LogP contribution < -0.4 is 5.32 Å². The lowest BCUT2D eigenvalue weighted by molar-refractivity contribution is 0.0595. The number of carbonyl (C=O) groups is 1. The summed E-state index contributed by atoms with van der Waals surface area (Å²) in [6, 6.07) is 8.23. The minimum atomic E-state index is -0.253. The molecule has 0 radical (unpaired) electrons. The van der Waals surface area contributed by atoms with Gasteiger partial charge in [0.2, 0.25) is 0 Å². The van der Waals surface area contributed by atoms with Gasteiger partial charge in [0.05, 0.1) is 12.7 Å². The zero-order valence-electron chi connectivity index (χ0n) is 12.6. The minimum Gasteiger partial charge on any atom is -0.465 e. The Morgan fingerprint density at radius 2 is 2.20 bits per heavy atom. The zero-order valence-corrected chi connectivity index (χ0v) is 12.6. The molecule has 1 heterocycles. The highest BCUT2D eigenvalue weighted by Gasteiger charge is 2.26. The Kier molecular flexibility index (Phi) is 5.15. The molecule has 2 rings (SSSR count). The lowest BCUT2D eigenvalue weighted by Crippen LogP contribution is -2.53. The number of piperazine rings is 1. The molecule has 0 saturated carbocycles. The summed E-state index contributed by atoms with van der Waals surface area (Å²) in [5.74, 6) is 0.338. The minimum absolute atomic E-state index is 0.253. The number of ether oxygens (including phenoxy) is 1. The molecule has 0 aliphatic carbocycles. The van der Waals surface area contributed by atoms with Crippen molar-refractivity contribution in [2.24, 2.45) is 5.92 Å². The Hall–Kier alpha value is -1.39. The predicted molar refractivity (Wildman–Crippen MR) is 79.7 cm³/mol. The normalized spacial score (nSPS) is 20.1. The van der Waals surface area contributed by atoms with Gasteiger partial charge in [-0.05, 0) is 17.5 Å². The van der Waals surface area contributed by atoms with Crippen LogP contribution in [0.3, 0.4) is 0 Å². The van der Waals surface area contributed by atoms with E-state index in [2.05, 4.69) is 24.1 Å². The summed E-state index contributed by atoms with van der Waals surface area (Å²) in [5, 5.41) is 3.45. The first-order valence-electron chi connectivity index (χ1n) is 7.24. The quantitative estimate of drug-likeness (QED) is 0.853. The summed E-state index contributed by atoms with van der Waals surface area (Å²) in [5.41, 5.74) is 1.72. The first-order valence-corrected chi connectivity index (χ1v) is 7.24. The van der Waals surface area contributed by atoms with Crippen LogP contribution in [0, 0.1) is 5.92 Å². The molecule has 4 heteroatoms. The van der Waals surface area contributed by atoms with Crippen LogP contribution in [0.4, 0.5) is 0 Å². The second kappa shape index (κ2) is 6.86. The third kappa shape index (κ3) is 3.38. The maximum atomic E-state index is 11.8. The van der Waals surface area contributed by atoms with Crippen molar-refractivity contribution in [2.75, 3.05) is 26.7 Å². The van der Waals surface area contributed by atoms with E-state index in [-0.39, 0.29) is 5.97 Å². The molecule has 0 bridgehead atoms. The van der Waals surface area contributed by atoms with Crippen molar-refractivity contribution in [3.63, 3.8) is 0 Å². The number of nitrogens with zero attached hydrogens (tertiary/aromatic N) is 1. The van der Waals surface area contributed by atoms with Gasteiger partial charge in [-0.3, -0.25) is 4.90 Å². The number of hydrogen-bond acceptors (Lipinski definition) is 4. The topological polar surface area (TPSA) is 41.6 Å². The van der Waals surface area contributed by atoms with Crippen molar-refractivity contribution in [1.82, 2.24) is 10.2 Å². The van der Waals surface area contributed by atoms with Crippen molar-refractivity contribution >= 4 is 5.97 Å². The van der Waals surface area contributed by atoms with E-state index in [0.29, 0.717) is 17.5 Å². The summed E-state index contributed by atoms with van der Waals surface area (Å²) in [7, 11) is 1.43. The average Bonchev–Trinajstić information content (AvgIpc) is 2.47. The summed E-state index contributed by atoms with van der Waals surface area (Å²) < 4.78 is 4.87. The SMILES string of the molecule is COC(=O)c1ccccc1CN1CCNC[C@H]1C(C)C. The third-order valence-electron chi connectivity index (χ3n) is 3.96. The van der Waals surface area contributed by atoms with E-state index in [0.717, 1.165) is 31.7 Å². The van der Waals surface area contributed by atoms with Crippen molar-refractivity contribution in [1.29, 1.82) is 0 Å². The molecule has 0 unspecified atom stereocenters. The fourth-order valence-electron chi connectivity index (χ4n) is 2.81. The van der Waals surface area contributed by atoms with E-state index in [1.807, 2.05) is 24.3 Å². The second-order valence-electron chi connectivity index (χ2n) is 5.63. The van der Waals surface area contributed by atoms with E-state index >= 15 is 0 Å². The lowest BCUT2D eigenvalue weighted by atomic mass is 9.98. The van der Waals surface area contributed by atoms with Gasteiger partial charge in [-0.25, -0.2) is 4.79 Å². The number of methoxy groups -OCH3 is 1. The van der Waals surface area contributed by atoms with Gasteiger partial charge >= 0.3 is 5.97 Å². The molecule has 1 N–H and O–H groups in total. The third-order valence-corrected chi connectivity index (χ3v) is 3.96. The fraction of sp³-hybridized carbons (Fsp3) is 0.562. The molecule has 1 atom stereocenters. The molecule has 1 saturated heterocycles. The Morgan fingerprint density at radius 3 is 2.90 bits per heavy atom. The van der Waals surface area contributed by atoms with Gasteiger partial charge in [0.1, 0.15) is 0 Å². The Labute approximate surface area is 121 Å². The largest absolute Gasteiger partial charge is 0.465 e. The predicted octanol–water partition coefficient (Wildman–Crippen LogP) is 1.90. The molecule has 0 amide bonds. The van der Waals surface area contributed by atoms with Crippen molar-refractivity contribution < 1.29 is 9.53 Å². The molecular weight excluding hydrogens is 252 g/mol. The molecule has 4 nitrogen and oxygen atoms in total. The Bertz CT molecular complexity index is 460. The van der Waals surface area contributed by atoms with E-state index in [9.17, 15) is 4.79 Å². The molecule has 1 aromatic rings. The van der Waals surface area contributed by atoms with Gasteiger partial charge in [0.15, 0.2) is 0 Å². The van der Waals surface area contributed by atoms with Crippen molar-refractivity contribution in [3.05, 3.63) is 35.4 Å². The van der Waals surface area contributed by atoms with Crippen molar-refractivity contribution in [3.8, 4) is 0 Å². The van der Waals surface area contributed by atoms with Crippen LogP contribution in [0.5, 0.6) is 0 Å². The molecule has 110 valence electrons. The van der Waals surface area contributed by atoms with Gasteiger partial charge < -0.3 is 10.1 Å². The number of carbonyl (C=O) groups excluding carboxylic acids is 1. The summed E-state index contributed by atoms with van der Waals surface area (Å²) >= 11 is 0. The summed E-state index contributed by atoms with van der Waals surface area (Å²) in [4.78, 5) is 14.3. The van der Waals surface area contributed by atoms with Gasteiger partial charge in [0.25, 0.3) is 0 Å². The standard InChI is InChI=1S/C16H24N2O2/c1-12(2)15-10-17-8-9-18(15)11-13-6-4-5-7-14(13)16(19)20-3/h4-7,12,15,17H,8-11H2,1-3H3/t15-/m0/s1. The molecule has 1 aromatic carbocycles. The molecule has 0 aromatic heterocycles. The van der Waals surface area contributed by atoms with Crippen LogP contribution in [-0.2, 0) is 11.3 Å². The first-order chi connectivity index (χ1) is 9.63. The van der Waals surface area contributed by atoms with Gasteiger partial charge in [-0.15, -0.1) is 0 Å². The summed E-state index contributed by atoms with van der Waals surface area (Å²) in [6.45, 7) is 8.32. The average molecular weight is 276 g/mol. The maximum absolute atomic E-state index is 11.8. The van der Waals surface area contributed by atoms with Gasteiger partial charge in [0, 0.05) is 32.2 Å². The number of hydrogen-bond donors (Lipinski definition) is 1. The van der Waals surface area contributed by atoms with E-state index in [1.54, 1.807) is 0 Å². The van der Waals surface area contributed by atoms with Crippen LogP contribution in [0.15, 0.2) is 24.3 Å². The molecule has 20 heavy (non-hydrogen) atoms. The second-order valence-corrected chi connectivity index (χ2v) is 5.63. The number of nitrogens with one attached hydrogen (secondary N) is 1. The fourth-order valence-corrected chi connectivity index (χ4v) is 2.81. The van der Waals surface area contributed by atoms with Crippen LogP contribution in [0.2, 0.25) is 0 Å². The number of rotatable bonds is 4. The van der Waals surface area contributed by atoms with Crippen LogP contribution in [-0.4, -0.2) is 43.7 Å². The van der Waals surface area contributed by atoms with E-state index < -0.39 is 0 Å². The molecule has 1 aliphatic rings. The number of esters is 1. The molecule has 0 spiro atoms. The highest BCUT2D eigenvalue weighted by molar-refractivity contribution is 5.90. The zero-order chi connectivity index (χ0) is 14.5. The highest BCUT2D eigenvalue weighted by Crippen LogP contribution is 2.19. The lowest BCUT2D eigenvalue weighted by Gasteiger charge is -2.38. The highest BCUT2D eigenvalue weighted by atomic mass is 16.5. The van der Waals surface area contributed by atoms with Crippen LogP contribution in [0.25, 0.3) is 0 Å². The summed E-state index contributed by atoms with van der Waals surface area (Å²) in [6.07, 6.45) is 0. The van der Waals surface area contributed by atoms with Gasteiger partial charge in [-0.2, -0.15) is 0 Å².